The van der Waals surface area contributed by atoms with Crippen molar-refractivity contribution in [2.24, 2.45) is 0 Å². The highest BCUT2D eigenvalue weighted by molar-refractivity contribution is 6.31. The van der Waals surface area contributed by atoms with Crippen LogP contribution in [0.2, 0.25) is 5.02 Å². The van der Waals surface area contributed by atoms with Gasteiger partial charge in [0.15, 0.2) is 0 Å². The van der Waals surface area contributed by atoms with Crippen LogP contribution in [-0.4, -0.2) is 0 Å². The normalized spacial score (nSPS) is 10.1. The minimum atomic E-state index is 0.825. The predicted molar refractivity (Wildman–Crippen MR) is 61.6 cm³/mol. The molecule has 0 aliphatic rings. The van der Waals surface area contributed by atoms with Gasteiger partial charge in [-0.2, -0.15) is 0 Å². The predicted octanol–water partition coefficient (Wildman–Crippen LogP) is 4.32. The molecule has 0 amide bonds. The quantitative estimate of drug-likeness (QED) is 0.646. The molecule has 0 bridgehead atoms. The van der Waals surface area contributed by atoms with Crippen LogP contribution in [0.3, 0.4) is 0 Å². The lowest BCUT2D eigenvalue weighted by atomic mass is 10.0. The smallest absolute Gasteiger partial charge is 0.0441 e. The summed E-state index contributed by atoms with van der Waals surface area (Å²) in [6.07, 6.45) is 0. The molecule has 2 aromatic carbocycles. The Labute approximate surface area is 89.2 Å². The van der Waals surface area contributed by atoms with Crippen molar-refractivity contribution in [2.75, 3.05) is 0 Å². The zero-order valence-electron chi connectivity index (χ0n) is 8.00. The molecule has 0 spiro atoms. The molecule has 0 saturated carbocycles. The van der Waals surface area contributed by atoms with Crippen molar-refractivity contribution in [3.8, 4) is 11.1 Å². The third-order valence-corrected chi connectivity index (χ3v) is 2.69. The van der Waals surface area contributed by atoms with Gasteiger partial charge in [-0.3, -0.25) is 0 Å². The Hall–Kier alpha value is -1.27. The maximum absolute atomic E-state index is 6.06. The van der Waals surface area contributed by atoms with E-state index in [1.165, 1.54) is 11.1 Å². The Morgan fingerprint density at radius 1 is 0.857 bits per heavy atom. The molecule has 0 aliphatic carbocycles. The summed E-state index contributed by atoms with van der Waals surface area (Å²) in [5, 5.41) is 0.825. The van der Waals surface area contributed by atoms with Gasteiger partial charge in [-0.05, 0) is 29.7 Å². The highest BCUT2D eigenvalue weighted by Crippen LogP contribution is 2.24. The summed E-state index contributed by atoms with van der Waals surface area (Å²) in [7, 11) is 0. The van der Waals surface area contributed by atoms with Crippen LogP contribution in [0.4, 0.5) is 0 Å². The third kappa shape index (κ3) is 1.80. The van der Waals surface area contributed by atoms with Crippen LogP contribution in [0, 0.1) is 6.92 Å². The highest BCUT2D eigenvalue weighted by Gasteiger charge is 1.99. The van der Waals surface area contributed by atoms with E-state index in [9.17, 15) is 0 Å². The maximum atomic E-state index is 6.06. The van der Waals surface area contributed by atoms with E-state index in [4.69, 9.17) is 11.6 Å². The molecular formula is C13H11Cl. The summed E-state index contributed by atoms with van der Waals surface area (Å²) in [5.41, 5.74) is 3.49. The molecule has 0 unspecified atom stereocenters. The van der Waals surface area contributed by atoms with Crippen molar-refractivity contribution in [3.05, 3.63) is 59.1 Å². The summed E-state index contributed by atoms with van der Waals surface area (Å²) in [6.45, 7) is 2.01. The lowest BCUT2D eigenvalue weighted by Gasteiger charge is -2.03. The average molecular weight is 203 g/mol. The first-order chi connectivity index (χ1) is 6.77. The molecule has 70 valence electrons. The zero-order valence-corrected chi connectivity index (χ0v) is 8.75. The lowest BCUT2D eigenvalue weighted by Crippen LogP contribution is -1.79. The second-order valence-corrected chi connectivity index (χ2v) is 3.74. The molecule has 0 radical (unpaired) electrons. The number of rotatable bonds is 1. The minimum absolute atomic E-state index is 0.825. The van der Waals surface area contributed by atoms with Crippen molar-refractivity contribution >= 4 is 11.6 Å². The standard InChI is InChI=1S/C13H11Cl/c1-10-7-8-12(9-13(10)14)11-5-3-2-4-6-11/h2-9H,1H3. The van der Waals surface area contributed by atoms with Crippen LogP contribution >= 0.6 is 11.6 Å². The van der Waals surface area contributed by atoms with E-state index in [2.05, 4.69) is 18.2 Å². The van der Waals surface area contributed by atoms with Crippen molar-refractivity contribution < 1.29 is 0 Å². The summed E-state index contributed by atoms with van der Waals surface area (Å²) in [4.78, 5) is 0. The largest absolute Gasteiger partial charge is 0.0840 e. The van der Waals surface area contributed by atoms with Crippen LogP contribution in [0.5, 0.6) is 0 Å². The first-order valence-corrected chi connectivity index (χ1v) is 4.97. The van der Waals surface area contributed by atoms with Crippen molar-refractivity contribution in [1.29, 1.82) is 0 Å². The molecule has 0 fully saturated rings. The van der Waals surface area contributed by atoms with Crippen LogP contribution in [0.1, 0.15) is 5.56 Å². The maximum Gasteiger partial charge on any atom is 0.0441 e. The fourth-order valence-corrected chi connectivity index (χ4v) is 1.58. The Morgan fingerprint density at radius 3 is 2.21 bits per heavy atom. The van der Waals surface area contributed by atoms with E-state index < -0.39 is 0 Å². The van der Waals surface area contributed by atoms with Gasteiger partial charge in [0.2, 0.25) is 0 Å². The molecule has 0 heterocycles. The summed E-state index contributed by atoms with van der Waals surface area (Å²) < 4.78 is 0. The van der Waals surface area contributed by atoms with Crippen LogP contribution in [0.15, 0.2) is 48.5 Å². The van der Waals surface area contributed by atoms with Crippen molar-refractivity contribution in [2.45, 2.75) is 6.92 Å². The van der Waals surface area contributed by atoms with Crippen LogP contribution in [0.25, 0.3) is 11.1 Å². The van der Waals surface area contributed by atoms with Gasteiger partial charge in [-0.15, -0.1) is 0 Å². The number of benzene rings is 2. The molecule has 0 atom stereocenters. The van der Waals surface area contributed by atoms with Gasteiger partial charge in [0, 0.05) is 5.02 Å². The molecule has 14 heavy (non-hydrogen) atoms. The van der Waals surface area contributed by atoms with E-state index in [1.807, 2.05) is 37.3 Å². The van der Waals surface area contributed by atoms with E-state index >= 15 is 0 Å². The van der Waals surface area contributed by atoms with Crippen molar-refractivity contribution in [1.82, 2.24) is 0 Å². The fraction of sp³-hybridized carbons (Fsp3) is 0.0769. The molecule has 0 aliphatic heterocycles. The average Bonchev–Trinajstić information content (AvgIpc) is 2.23. The molecule has 2 aromatic rings. The van der Waals surface area contributed by atoms with Crippen LogP contribution < -0.4 is 0 Å². The topological polar surface area (TPSA) is 0 Å². The van der Waals surface area contributed by atoms with Crippen LogP contribution in [-0.2, 0) is 0 Å². The summed E-state index contributed by atoms with van der Waals surface area (Å²) >= 11 is 6.06. The molecular weight excluding hydrogens is 192 g/mol. The zero-order chi connectivity index (χ0) is 9.97. The van der Waals surface area contributed by atoms with E-state index in [0.717, 1.165) is 10.6 Å². The minimum Gasteiger partial charge on any atom is -0.0840 e. The van der Waals surface area contributed by atoms with E-state index in [1.54, 1.807) is 0 Å². The number of halogens is 1. The van der Waals surface area contributed by atoms with Gasteiger partial charge < -0.3 is 0 Å². The highest BCUT2D eigenvalue weighted by atomic mass is 35.5. The molecule has 0 nitrogen and oxygen atoms in total. The van der Waals surface area contributed by atoms with Gasteiger partial charge >= 0.3 is 0 Å². The molecule has 0 saturated heterocycles. The van der Waals surface area contributed by atoms with Gasteiger partial charge in [0.25, 0.3) is 0 Å². The number of hydrogen-bond acceptors (Lipinski definition) is 0. The second-order valence-electron chi connectivity index (χ2n) is 3.33. The molecule has 2 rings (SSSR count). The molecule has 0 aromatic heterocycles. The SMILES string of the molecule is Cc1ccc(-c2ccccc2)cc1Cl. The Kier molecular flexibility index (Phi) is 2.55. The second kappa shape index (κ2) is 3.85. The Bertz CT molecular complexity index is 432. The van der Waals surface area contributed by atoms with Gasteiger partial charge in [-0.25, -0.2) is 0 Å². The summed E-state index contributed by atoms with van der Waals surface area (Å²) in [5.74, 6) is 0. The van der Waals surface area contributed by atoms with Crippen molar-refractivity contribution in [3.63, 3.8) is 0 Å². The van der Waals surface area contributed by atoms with E-state index in [-0.39, 0.29) is 0 Å². The monoisotopic (exact) mass is 202 g/mol. The number of aryl methyl sites for hydroxylation is 1. The Morgan fingerprint density at radius 2 is 1.57 bits per heavy atom. The van der Waals surface area contributed by atoms with Gasteiger partial charge in [-0.1, -0.05) is 54.1 Å². The fourth-order valence-electron chi connectivity index (χ4n) is 1.40. The first kappa shape index (κ1) is 9.29. The third-order valence-electron chi connectivity index (χ3n) is 2.28. The Balaban J connectivity index is 2.48. The first-order valence-electron chi connectivity index (χ1n) is 4.59. The summed E-state index contributed by atoms with van der Waals surface area (Å²) in [6, 6.07) is 16.4. The molecule has 1 heteroatoms. The lowest BCUT2D eigenvalue weighted by molar-refractivity contribution is 1.47. The van der Waals surface area contributed by atoms with Gasteiger partial charge in [0.1, 0.15) is 0 Å². The van der Waals surface area contributed by atoms with E-state index in [0.29, 0.717) is 0 Å². The van der Waals surface area contributed by atoms with Gasteiger partial charge in [0.05, 0.1) is 0 Å². The number of hydrogen-bond donors (Lipinski definition) is 0. The molecule has 0 N–H and O–H groups in total.